The summed E-state index contributed by atoms with van der Waals surface area (Å²) in [5.41, 5.74) is 2.74. The average Bonchev–Trinajstić information content (AvgIpc) is 3.65. The van der Waals surface area contributed by atoms with E-state index in [0.29, 0.717) is 54.3 Å². The van der Waals surface area contributed by atoms with Crippen LogP contribution in [0.1, 0.15) is 52.5 Å². The molecule has 0 saturated heterocycles. The van der Waals surface area contributed by atoms with Crippen LogP contribution in [-0.2, 0) is 28.9 Å². The van der Waals surface area contributed by atoms with Gasteiger partial charge in [0.05, 0.1) is 12.2 Å². The summed E-state index contributed by atoms with van der Waals surface area (Å²) in [5.74, 6) is 0.0808. The monoisotopic (exact) mass is 603 g/mol. The molecule has 3 N–H and O–H groups in total. The highest BCUT2D eigenvalue weighted by Crippen LogP contribution is 2.30. The van der Waals surface area contributed by atoms with Gasteiger partial charge in [-0.1, -0.05) is 72.8 Å². The molecule has 45 heavy (non-hydrogen) atoms. The van der Waals surface area contributed by atoms with E-state index in [1.54, 1.807) is 30.3 Å². The molecule has 0 bridgehead atoms. The maximum atomic E-state index is 13.4. The fourth-order valence-electron chi connectivity index (χ4n) is 5.82. The number of nitrogens with one attached hydrogen (secondary N) is 2. The molecule has 228 valence electrons. The van der Waals surface area contributed by atoms with Crippen LogP contribution in [0.2, 0.25) is 0 Å². The van der Waals surface area contributed by atoms with Crippen molar-refractivity contribution in [1.82, 2.24) is 20.1 Å². The number of fused-ring (bicyclic) bond motifs is 2. The lowest BCUT2D eigenvalue weighted by Crippen LogP contribution is -2.45. The van der Waals surface area contributed by atoms with Gasteiger partial charge in [0.25, 0.3) is 5.91 Å². The van der Waals surface area contributed by atoms with Gasteiger partial charge in [-0.3, -0.25) is 9.59 Å². The molecule has 10 nitrogen and oxygen atoms in total. The number of aliphatic carboxylic acids is 1. The third kappa shape index (κ3) is 6.40. The van der Waals surface area contributed by atoms with Gasteiger partial charge < -0.3 is 25.0 Å². The van der Waals surface area contributed by atoms with E-state index in [4.69, 9.17) is 4.74 Å². The smallest absolute Gasteiger partial charge is 0.326 e. The van der Waals surface area contributed by atoms with Crippen LogP contribution in [0.4, 0.5) is 5.69 Å². The number of carbonyl (C=O) groups excluding carboxylic acids is 2. The number of aryl methyl sites for hydroxylation is 1. The number of aromatic nitrogens is 3. The number of carbonyl (C=O) groups is 3. The summed E-state index contributed by atoms with van der Waals surface area (Å²) in [6, 6.07) is 26.4. The molecule has 4 aromatic carbocycles. The first-order valence-electron chi connectivity index (χ1n) is 15.0. The van der Waals surface area contributed by atoms with E-state index in [-0.39, 0.29) is 18.2 Å². The van der Waals surface area contributed by atoms with Crippen LogP contribution in [0.3, 0.4) is 0 Å². The molecule has 2 heterocycles. The van der Waals surface area contributed by atoms with Crippen LogP contribution < -0.4 is 15.4 Å². The van der Waals surface area contributed by atoms with Crippen molar-refractivity contribution in [2.24, 2.45) is 0 Å². The summed E-state index contributed by atoms with van der Waals surface area (Å²) in [4.78, 5) is 39.0. The van der Waals surface area contributed by atoms with Crippen molar-refractivity contribution >= 4 is 34.2 Å². The topological polar surface area (TPSA) is 135 Å². The Morgan fingerprint density at radius 1 is 0.933 bits per heavy atom. The Kier molecular flexibility index (Phi) is 8.54. The van der Waals surface area contributed by atoms with Gasteiger partial charge in [0.2, 0.25) is 5.91 Å². The summed E-state index contributed by atoms with van der Waals surface area (Å²) in [5, 5.41) is 25.9. The highest BCUT2D eigenvalue weighted by Gasteiger charge is 2.34. The third-order valence-corrected chi connectivity index (χ3v) is 7.98. The fraction of sp³-hybridized carbons (Fsp3) is 0.229. The van der Waals surface area contributed by atoms with E-state index in [2.05, 4.69) is 20.8 Å². The zero-order valence-corrected chi connectivity index (χ0v) is 24.8. The van der Waals surface area contributed by atoms with Crippen molar-refractivity contribution in [3.63, 3.8) is 0 Å². The van der Waals surface area contributed by atoms with Gasteiger partial charge in [0.1, 0.15) is 29.5 Å². The lowest BCUT2D eigenvalue weighted by Gasteiger charge is -2.20. The second-order valence-electron chi connectivity index (χ2n) is 11.0. The Labute approximate surface area is 260 Å². The molecule has 6 rings (SSSR count). The number of ether oxygens (including phenoxy) is 1. The van der Waals surface area contributed by atoms with Crippen molar-refractivity contribution < 1.29 is 24.2 Å². The Morgan fingerprint density at radius 2 is 1.69 bits per heavy atom. The average molecular weight is 604 g/mol. The van der Waals surface area contributed by atoms with E-state index < -0.39 is 18.1 Å². The normalized spacial score (nSPS) is 14.5. The molecular weight excluding hydrogens is 570 g/mol. The maximum absolute atomic E-state index is 13.4. The molecular formula is C35H33N5O5. The Morgan fingerprint density at radius 3 is 2.44 bits per heavy atom. The fourth-order valence-corrected chi connectivity index (χ4v) is 5.82. The first kappa shape index (κ1) is 29.6. The van der Waals surface area contributed by atoms with Crippen molar-refractivity contribution in [3.8, 4) is 5.75 Å². The lowest BCUT2D eigenvalue weighted by atomic mass is 10.0. The van der Waals surface area contributed by atoms with Crippen molar-refractivity contribution in [2.75, 3.05) is 11.9 Å². The second kappa shape index (κ2) is 13.0. The number of rotatable bonds is 11. The van der Waals surface area contributed by atoms with Crippen molar-refractivity contribution in [3.05, 3.63) is 119 Å². The van der Waals surface area contributed by atoms with Crippen LogP contribution in [0, 0.1) is 0 Å². The summed E-state index contributed by atoms with van der Waals surface area (Å²) < 4.78 is 7.59. The quantitative estimate of drug-likeness (QED) is 0.194. The van der Waals surface area contributed by atoms with E-state index in [1.807, 2.05) is 72.2 Å². The summed E-state index contributed by atoms with van der Waals surface area (Å²) in [7, 11) is 0. The standard InChI is InChI=1S/C35H33N5O5/c1-2-45-29-18-14-24-10-6-7-11-26(24)32(29)34(42)36-25-15-12-23(13-16-25)20-27(35(43)44)37-33(41)28-17-19-30-38-39-31(40(28)30)21-22-8-4-3-5-9-22/h3-16,18,27-28H,2,17,19-21H2,1H3,(H,36,42)(H,37,41)(H,43,44)/t27-,28-/m0/s1. The third-order valence-electron chi connectivity index (χ3n) is 7.98. The number of hydrogen-bond donors (Lipinski definition) is 3. The van der Waals surface area contributed by atoms with E-state index >= 15 is 0 Å². The molecule has 0 spiro atoms. The molecule has 0 fully saturated rings. The first-order chi connectivity index (χ1) is 21.9. The van der Waals surface area contributed by atoms with E-state index in [0.717, 1.165) is 22.2 Å². The van der Waals surface area contributed by atoms with Crippen LogP contribution in [0.15, 0.2) is 91.0 Å². The zero-order chi connectivity index (χ0) is 31.3. The lowest BCUT2D eigenvalue weighted by molar-refractivity contribution is -0.142. The zero-order valence-electron chi connectivity index (χ0n) is 24.8. The van der Waals surface area contributed by atoms with Crippen LogP contribution >= 0.6 is 0 Å². The number of benzene rings is 4. The molecule has 1 aromatic heterocycles. The van der Waals surface area contributed by atoms with Gasteiger partial charge in [-0.2, -0.15) is 0 Å². The van der Waals surface area contributed by atoms with Gasteiger partial charge in [0.15, 0.2) is 0 Å². The van der Waals surface area contributed by atoms with Crippen LogP contribution in [-0.4, -0.2) is 50.3 Å². The second-order valence-corrected chi connectivity index (χ2v) is 11.0. The number of nitrogens with zero attached hydrogens (tertiary/aromatic N) is 3. The maximum Gasteiger partial charge on any atom is 0.326 e. The minimum atomic E-state index is -1.14. The molecule has 0 unspecified atom stereocenters. The Bertz CT molecular complexity index is 1850. The number of anilines is 1. The summed E-state index contributed by atoms with van der Waals surface area (Å²) in [6.45, 7) is 2.29. The van der Waals surface area contributed by atoms with E-state index in [9.17, 15) is 19.5 Å². The number of carboxylic acids is 1. The minimum Gasteiger partial charge on any atom is -0.493 e. The van der Waals surface area contributed by atoms with Gasteiger partial charge in [0, 0.05) is 24.9 Å². The number of hydrogen-bond acceptors (Lipinski definition) is 6. The number of amides is 2. The van der Waals surface area contributed by atoms with Crippen LogP contribution in [0.5, 0.6) is 5.75 Å². The molecule has 1 aliphatic rings. The largest absolute Gasteiger partial charge is 0.493 e. The van der Waals surface area contributed by atoms with Crippen molar-refractivity contribution in [1.29, 1.82) is 0 Å². The summed E-state index contributed by atoms with van der Waals surface area (Å²) in [6.07, 6.45) is 1.72. The molecule has 2 amide bonds. The van der Waals surface area contributed by atoms with Gasteiger partial charge in [-0.25, -0.2) is 4.79 Å². The van der Waals surface area contributed by atoms with Crippen molar-refractivity contribution in [2.45, 2.75) is 44.7 Å². The SMILES string of the molecule is CCOc1ccc2ccccc2c1C(=O)Nc1ccc(C[C@H](NC(=O)[C@@H]2CCc3nnc(Cc4ccccc4)n32)C(=O)O)cc1. The molecule has 10 heteroatoms. The highest BCUT2D eigenvalue weighted by molar-refractivity contribution is 6.15. The molecule has 1 aliphatic heterocycles. The number of carboxylic acid groups (broad SMARTS) is 1. The molecule has 5 aromatic rings. The summed E-state index contributed by atoms with van der Waals surface area (Å²) >= 11 is 0. The van der Waals surface area contributed by atoms with Gasteiger partial charge in [-0.15, -0.1) is 10.2 Å². The molecule has 0 saturated carbocycles. The molecule has 2 atom stereocenters. The predicted octanol–water partition coefficient (Wildman–Crippen LogP) is 4.97. The molecule has 0 radical (unpaired) electrons. The first-order valence-corrected chi connectivity index (χ1v) is 15.0. The Balaban J connectivity index is 1.13. The van der Waals surface area contributed by atoms with Gasteiger partial charge in [-0.05, 0) is 53.4 Å². The predicted molar refractivity (Wildman–Crippen MR) is 169 cm³/mol. The molecule has 0 aliphatic carbocycles. The minimum absolute atomic E-state index is 0.0751. The Hall–Kier alpha value is -5.51. The van der Waals surface area contributed by atoms with Gasteiger partial charge >= 0.3 is 5.97 Å². The highest BCUT2D eigenvalue weighted by atomic mass is 16.5. The van der Waals surface area contributed by atoms with E-state index in [1.165, 1.54) is 0 Å². The van der Waals surface area contributed by atoms with Crippen LogP contribution in [0.25, 0.3) is 10.8 Å².